The van der Waals surface area contributed by atoms with Crippen LogP contribution in [0, 0.1) is 0 Å². The highest BCUT2D eigenvalue weighted by atomic mass is 79.9. The van der Waals surface area contributed by atoms with Crippen LogP contribution >= 0.6 is 15.9 Å². The number of phenols is 1. The molecule has 0 unspecified atom stereocenters. The molecule has 0 amide bonds. The van der Waals surface area contributed by atoms with Crippen LogP contribution in [-0.2, 0) is 0 Å². The highest BCUT2D eigenvalue weighted by Crippen LogP contribution is 2.43. The van der Waals surface area contributed by atoms with Gasteiger partial charge in [-0.15, -0.1) is 0 Å². The number of methoxy groups -OCH3 is 1. The van der Waals surface area contributed by atoms with Gasteiger partial charge in [-0.2, -0.15) is 13.2 Å². The van der Waals surface area contributed by atoms with E-state index in [2.05, 4.69) is 21.2 Å². The molecule has 0 aliphatic carbocycles. The molecule has 1 aliphatic heterocycles. The van der Waals surface area contributed by atoms with E-state index in [0.717, 1.165) is 0 Å². The van der Waals surface area contributed by atoms with E-state index in [1.807, 2.05) is 0 Å². The van der Waals surface area contributed by atoms with Crippen LogP contribution in [0.2, 0.25) is 0 Å². The van der Waals surface area contributed by atoms with E-state index in [4.69, 9.17) is 4.74 Å². The Morgan fingerprint density at radius 2 is 2.00 bits per heavy atom. The number of nitrogens with zero attached hydrogens (tertiary/aromatic N) is 1. The zero-order valence-corrected chi connectivity index (χ0v) is 13.7. The molecule has 0 bridgehead atoms. The van der Waals surface area contributed by atoms with Crippen LogP contribution < -0.4 is 10.1 Å². The van der Waals surface area contributed by atoms with Gasteiger partial charge < -0.3 is 15.2 Å². The number of hydrogen-bond acceptors (Lipinski definition) is 4. The minimum Gasteiger partial charge on any atom is -0.504 e. The second kappa shape index (κ2) is 7.06. The monoisotopic (exact) mass is 382 g/mol. The summed E-state index contributed by atoms with van der Waals surface area (Å²) >= 11 is 3.26. The molecule has 1 aromatic rings. The largest absolute Gasteiger partial charge is 0.504 e. The van der Waals surface area contributed by atoms with Crippen molar-refractivity contribution in [1.29, 1.82) is 0 Å². The number of alkyl halides is 3. The highest BCUT2D eigenvalue weighted by Gasteiger charge is 2.37. The molecule has 4 nitrogen and oxygen atoms in total. The molecule has 1 aromatic carbocycles. The van der Waals surface area contributed by atoms with Crippen LogP contribution in [0.25, 0.3) is 0 Å². The predicted molar refractivity (Wildman–Crippen MR) is 80.2 cm³/mol. The Morgan fingerprint density at radius 3 is 2.55 bits per heavy atom. The molecule has 0 spiro atoms. The van der Waals surface area contributed by atoms with Crippen molar-refractivity contribution in [2.75, 3.05) is 33.3 Å². The first-order valence-corrected chi connectivity index (χ1v) is 7.69. The minimum absolute atomic E-state index is 0.159. The molecular weight excluding hydrogens is 365 g/mol. The maximum absolute atomic E-state index is 13.0. The van der Waals surface area contributed by atoms with Gasteiger partial charge in [-0.25, -0.2) is 0 Å². The van der Waals surface area contributed by atoms with E-state index in [1.54, 1.807) is 4.90 Å². The van der Waals surface area contributed by atoms with Gasteiger partial charge in [-0.05, 0) is 12.1 Å². The van der Waals surface area contributed by atoms with Crippen molar-refractivity contribution in [1.82, 2.24) is 10.2 Å². The van der Waals surface area contributed by atoms with Gasteiger partial charge in [0.15, 0.2) is 11.5 Å². The van der Waals surface area contributed by atoms with Crippen LogP contribution in [0.1, 0.15) is 18.0 Å². The van der Waals surface area contributed by atoms with Gasteiger partial charge in [0, 0.05) is 42.3 Å². The fourth-order valence-electron chi connectivity index (χ4n) is 2.65. The molecule has 8 heteroatoms. The van der Waals surface area contributed by atoms with Crippen LogP contribution in [0.3, 0.4) is 0 Å². The fourth-order valence-corrected chi connectivity index (χ4v) is 3.11. The Morgan fingerprint density at radius 1 is 1.36 bits per heavy atom. The van der Waals surface area contributed by atoms with Crippen LogP contribution in [0.15, 0.2) is 16.6 Å². The number of ether oxygens (including phenoxy) is 1. The summed E-state index contributed by atoms with van der Waals surface area (Å²) in [4.78, 5) is 1.74. The molecule has 1 atom stereocenters. The Hall–Kier alpha value is -0.990. The number of piperazine rings is 1. The molecular formula is C14H18BrF3N2O2. The van der Waals surface area contributed by atoms with Crippen molar-refractivity contribution >= 4 is 15.9 Å². The van der Waals surface area contributed by atoms with Gasteiger partial charge in [0.1, 0.15) is 0 Å². The number of rotatable bonds is 4. The van der Waals surface area contributed by atoms with Gasteiger partial charge >= 0.3 is 6.18 Å². The Balaban J connectivity index is 2.41. The Kier molecular flexibility index (Phi) is 5.57. The van der Waals surface area contributed by atoms with Crippen molar-refractivity contribution < 1.29 is 23.0 Å². The molecule has 2 N–H and O–H groups in total. The van der Waals surface area contributed by atoms with Crippen molar-refractivity contribution in [3.63, 3.8) is 0 Å². The van der Waals surface area contributed by atoms with E-state index >= 15 is 0 Å². The molecule has 22 heavy (non-hydrogen) atoms. The summed E-state index contributed by atoms with van der Waals surface area (Å²) in [6.45, 7) is 2.24. The highest BCUT2D eigenvalue weighted by molar-refractivity contribution is 9.10. The summed E-state index contributed by atoms with van der Waals surface area (Å²) in [6.07, 6.45) is -5.34. The summed E-state index contributed by atoms with van der Waals surface area (Å²) in [5, 5.41) is 13.4. The number of phenolic OH excluding ortho intramolecular Hbond substituents is 1. The van der Waals surface area contributed by atoms with Crippen LogP contribution in [-0.4, -0.2) is 49.5 Å². The maximum atomic E-state index is 13.0. The fraction of sp³-hybridized carbons (Fsp3) is 0.571. The lowest BCUT2D eigenvalue weighted by Crippen LogP contribution is -2.46. The van der Waals surface area contributed by atoms with Gasteiger partial charge in [-0.1, -0.05) is 15.9 Å². The third-order valence-electron chi connectivity index (χ3n) is 3.67. The summed E-state index contributed by atoms with van der Waals surface area (Å²) in [7, 11) is 1.37. The third kappa shape index (κ3) is 4.27. The van der Waals surface area contributed by atoms with Gasteiger partial charge in [0.2, 0.25) is 0 Å². The molecule has 2 rings (SSSR count). The Bertz CT molecular complexity index is 520. The Labute approximate surface area is 135 Å². The zero-order valence-electron chi connectivity index (χ0n) is 12.1. The van der Waals surface area contributed by atoms with E-state index in [9.17, 15) is 18.3 Å². The van der Waals surface area contributed by atoms with E-state index in [0.29, 0.717) is 30.7 Å². The van der Waals surface area contributed by atoms with Gasteiger partial charge in [0.25, 0.3) is 0 Å². The van der Waals surface area contributed by atoms with Gasteiger partial charge in [0.05, 0.1) is 13.5 Å². The lowest BCUT2D eigenvalue weighted by Gasteiger charge is -2.36. The van der Waals surface area contributed by atoms with Crippen LogP contribution in [0.5, 0.6) is 11.5 Å². The molecule has 1 fully saturated rings. The topological polar surface area (TPSA) is 44.7 Å². The van der Waals surface area contributed by atoms with E-state index < -0.39 is 18.6 Å². The third-order valence-corrected chi connectivity index (χ3v) is 4.12. The average molecular weight is 383 g/mol. The second-order valence-corrected chi connectivity index (χ2v) is 6.08. The normalized spacial score (nSPS) is 18.2. The number of benzene rings is 1. The first kappa shape index (κ1) is 17.4. The summed E-state index contributed by atoms with van der Waals surface area (Å²) in [5.41, 5.74) is 0.227. The summed E-state index contributed by atoms with van der Waals surface area (Å²) in [5.74, 6) is -0.0785. The summed E-state index contributed by atoms with van der Waals surface area (Å²) < 4.78 is 44.6. The molecule has 0 saturated carbocycles. The maximum Gasteiger partial charge on any atom is 0.390 e. The first-order chi connectivity index (χ1) is 10.3. The standard InChI is InChI=1S/C14H18BrF3N2O2/c1-22-12-7-9(15)6-10(13(12)21)11(8-14(16,17)18)20-4-2-19-3-5-20/h6-7,11,19,21H,2-5,8H2,1H3/t11-/m0/s1. The van der Waals surface area contributed by atoms with Crippen molar-refractivity contribution in [3.05, 3.63) is 22.2 Å². The number of nitrogens with one attached hydrogen (secondary N) is 1. The minimum atomic E-state index is -4.32. The molecule has 0 radical (unpaired) electrons. The zero-order chi connectivity index (χ0) is 16.3. The van der Waals surface area contributed by atoms with Crippen molar-refractivity contribution in [2.24, 2.45) is 0 Å². The van der Waals surface area contributed by atoms with Crippen molar-refractivity contribution in [2.45, 2.75) is 18.6 Å². The number of halogens is 4. The van der Waals surface area contributed by atoms with E-state index in [1.165, 1.54) is 19.2 Å². The lowest BCUT2D eigenvalue weighted by atomic mass is 9.99. The average Bonchev–Trinajstić information content (AvgIpc) is 2.47. The number of aromatic hydroxyl groups is 1. The lowest BCUT2D eigenvalue weighted by molar-refractivity contribution is -0.148. The first-order valence-electron chi connectivity index (χ1n) is 6.89. The van der Waals surface area contributed by atoms with Gasteiger partial charge in [-0.3, -0.25) is 4.90 Å². The molecule has 124 valence electrons. The molecule has 1 aliphatic rings. The number of hydrogen-bond donors (Lipinski definition) is 2. The van der Waals surface area contributed by atoms with Crippen molar-refractivity contribution in [3.8, 4) is 11.5 Å². The SMILES string of the molecule is COc1cc(Br)cc([C@H](CC(F)(F)F)N2CCNCC2)c1O. The predicted octanol–water partition coefficient (Wildman–Crippen LogP) is 3.06. The quantitative estimate of drug-likeness (QED) is 0.839. The second-order valence-electron chi connectivity index (χ2n) is 5.17. The molecule has 1 heterocycles. The van der Waals surface area contributed by atoms with Crippen LogP contribution in [0.4, 0.5) is 13.2 Å². The molecule has 0 aromatic heterocycles. The smallest absolute Gasteiger partial charge is 0.390 e. The summed E-state index contributed by atoms with van der Waals surface area (Å²) in [6, 6.07) is 2.12. The van der Waals surface area contributed by atoms with E-state index in [-0.39, 0.29) is 17.1 Å². The molecule has 1 saturated heterocycles.